The first kappa shape index (κ1) is 24.2. The van der Waals surface area contributed by atoms with Gasteiger partial charge < -0.3 is 29.9 Å². The molecule has 0 spiro atoms. The fourth-order valence-corrected chi connectivity index (χ4v) is 8.81. The van der Waals surface area contributed by atoms with E-state index in [4.69, 9.17) is 9.47 Å². The van der Waals surface area contributed by atoms with Crippen LogP contribution in [0.15, 0.2) is 11.6 Å². The molecule has 0 aromatic carbocycles. The van der Waals surface area contributed by atoms with Crippen LogP contribution < -0.4 is 0 Å². The van der Waals surface area contributed by atoms with Crippen LogP contribution in [0.3, 0.4) is 0 Å². The van der Waals surface area contributed by atoms with Crippen molar-refractivity contribution in [2.45, 2.75) is 128 Å². The van der Waals surface area contributed by atoms with Gasteiger partial charge in [0.05, 0.1) is 30.0 Å². The molecule has 6 nitrogen and oxygen atoms in total. The predicted molar refractivity (Wildman–Crippen MR) is 124 cm³/mol. The van der Waals surface area contributed by atoms with Gasteiger partial charge in [-0.2, -0.15) is 0 Å². The molecule has 5 rings (SSSR count). The van der Waals surface area contributed by atoms with Gasteiger partial charge in [0.2, 0.25) is 0 Å². The van der Waals surface area contributed by atoms with E-state index in [1.54, 1.807) is 6.92 Å². The molecule has 1 heterocycles. The Morgan fingerprint density at radius 1 is 1.06 bits per heavy atom. The normalized spacial score (nSPS) is 55.2. The summed E-state index contributed by atoms with van der Waals surface area (Å²) >= 11 is 0. The molecule has 0 aromatic heterocycles. The zero-order valence-corrected chi connectivity index (χ0v) is 20.7. The highest BCUT2D eigenvalue weighted by atomic mass is 16.7. The van der Waals surface area contributed by atoms with Crippen LogP contribution >= 0.6 is 0 Å². The highest BCUT2D eigenvalue weighted by Gasteiger charge is 2.65. The van der Waals surface area contributed by atoms with Crippen molar-refractivity contribution in [2.24, 2.45) is 28.6 Å². The maximum Gasteiger partial charge on any atom is 0.161 e. The zero-order valence-electron chi connectivity index (χ0n) is 20.7. The van der Waals surface area contributed by atoms with Gasteiger partial charge in [0.25, 0.3) is 0 Å². The third-order valence-electron chi connectivity index (χ3n) is 11.0. The summed E-state index contributed by atoms with van der Waals surface area (Å²) in [4.78, 5) is 0. The number of aliphatic hydroxyl groups excluding tert-OH is 3. The van der Waals surface area contributed by atoms with Crippen molar-refractivity contribution >= 4 is 0 Å². The van der Waals surface area contributed by atoms with Crippen LogP contribution in [0.25, 0.3) is 0 Å². The van der Waals surface area contributed by atoms with E-state index < -0.39 is 36.3 Å². The molecule has 5 aliphatic rings. The van der Waals surface area contributed by atoms with Gasteiger partial charge in [-0.1, -0.05) is 25.5 Å². The number of hydrogen-bond acceptors (Lipinski definition) is 6. The second-order valence-electron chi connectivity index (χ2n) is 12.4. The molecule has 188 valence electrons. The van der Waals surface area contributed by atoms with Gasteiger partial charge in [-0.15, -0.1) is 0 Å². The monoisotopic (exact) mass is 464 g/mol. The van der Waals surface area contributed by atoms with Gasteiger partial charge in [0.1, 0.15) is 6.10 Å². The average Bonchev–Trinajstić information content (AvgIpc) is 3.04. The topological polar surface area (TPSA) is 99.4 Å². The van der Waals surface area contributed by atoms with Crippen molar-refractivity contribution in [3.63, 3.8) is 0 Å². The van der Waals surface area contributed by atoms with E-state index >= 15 is 0 Å². The Morgan fingerprint density at radius 2 is 1.79 bits per heavy atom. The Morgan fingerprint density at radius 3 is 2.52 bits per heavy atom. The summed E-state index contributed by atoms with van der Waals surface area (Å²) in [5, 5.41) is 42.5. The molecule has 1 saturated heterocycles. The average molecular weight is 465 g/mol. The summed E-state index contributed by atoms with van der Waals surface area (Å²) in [7, 11) is 0. The number of hydrogen-bond donors (Lipinski definition) is 4. The molecule has 4 fully saturated rings. The molecule has 0 radical (unpaired) electrons. The van der Waals surface area contributed by atoms with Crippen molar-refractivity contribution in [3.8, 4) is 0 Å². The first-order chi connectivity index (χ1) is 15.5. The summed E-state index contributed by atoms with van der Waals surface area (Å²) in [5.41, 5.74) is 0.501. The third-order valence-corrected chi connectivity index (χ3v) is 11.0. The largest absolute Gasteiger partial charge is 0.393 e. The Hall–Kier alpha value is -0.500. The summed E-state index contributed by atoms with van der Waals surface area (Å²) < 4.78 is 12.1. The number of ether oxygens (including phenoxy) is 2. The third kappa shape index (κ3) is 3.58. The standard InChI is InChI=1S/C27H44O6/c1-15-24(30)22(29)14-23(32-15)33-16(2)27(31)12-9-21-19-6-5-17-13-18(28)7-10-25(17,3)20(19)8-11-26(21,27)4/h5,15-16,18-24,28-31H,6-14H2,1-4H3/t15-,16-,18-,19+,20-,21+,22-,23-,24-,25+,26-,27-/m0/s1. The highest BCUT2D eigenvalue weighted by molar-refractivity contribution is 5.26. The molecule has 3 saturated carbocycles. The van der Waals surface area contributed by atoms with Crippen molar-refractivity contribution in [1.82, 2.24) is 0 Å². The van der Waals surface area contributed by atoms with Crippen molar-refractivity contribution in [1.29, 1.82) is 0 Å². The Kier molecular flexibility index (Phi) is 6.07. The maximum atomic E-state index is 12.1. The van der Waals surface area contributed by atoms with Gasteiger partial charge >= 0.3 is 0 Å². The van der Waals surface area contributed by atoms with Crippen LogP contribution in [-0.2, 0) is 9.47 Å². The van der Waals surface area contributed by atoms with Crippen molar-refractivity contribution < 1.29 is 29.9 Å². The van der Waals surface area contributed by atoms with Gasteiger partial charge in [0, 0.05) is 11.8 Å². The number of fused-ring (bicyclic) bond motifs is 5. The molecule has 0 bridgehead atoms. The fraction of sp³-hybridized carbons (Fsp3) is 0.926. The van der Waals surface area contributed by atoms with Crippen LogP contribution in [-0.4, -0.2) is 62.8 Å². The van der Waals surface area contributed by atoms with Crippen LogP contribution in [0.1, 0.15) is 85.5 Å². The Bertz CT molecular complexity index is 773. The molecule has 0 amide bonds. The second-order valence-corrected chi connectivity index (χ2v) is 12.4. The Labute approximate surface area is 198 Å². The summed E-state index contributed by atoms with van der Waals surface area (Å²) in [5.74, 6) is 1.64. The number of allylic oxidation sites excluding steroid dienone is 1. The molecule has 0 aromatic rings. The van der Waals surface area contributed by atoms with E-state index in [9.17, 15) is 20.4 Å². The SMILES string of the molecule is C[C@@H]1O[C@@H](O[C@@H](C)[C@@]2(O)CC[C@@H]3[C@@H]4CC=C5C[C@@H](O)CC[C@@]5(C)[C@H]4CC[C@@]32C)C[C@H](O)[C@H]1O. The van der Waals surface area contributed by atoms with E-state index in [1.807, 2.05) is 6.92 Å². The zero-order chi connectivity index (χ0) is 23.8. The maximum absolute atomic E-state index is 12.1. The smallest absolute Gasteiger partial charge is 0.161 e. The molecule has 6 heteroatoms. The molecule has 4 aliphatic carbocycles. The second kappa shape index (κ2) is 8.28. The van der Waals surface area contributed by atoms with Crippen LogP contribution in [0.5, 0.6) is 0 Å². The number of aliphatic hydroxyl groups is 4. The number of rotatable bonds is 3. The lowest BCUT2D eigenvalue weighted by Crippen LogP contribution is -2.59. The molecule has 0 unspecified atom stereocenters. The summed E-state index contributed by atoms with van der Waals surface area (Å²) in [6, 6.07) is 0. The van der Waals surface area contributed by atoms with Crippen LogP contribution in [0.4, 0.5) is 0 Å². The molecular weight excluding hydrogens is 420 g/mol. The lowest BCUT2D eigenvalue weighted by molar-refractivity contribution is -0.288. The lowest BCUT2D eigenvalue weighted by Gasteiger charge is -2.59. The van der Waals surface area contributed by atoms with Gasteiger partial charge in [-0.3, -0.25) is 0 Å². The lowest BCUT2D eigenvalue weighted by atomic mass is 9.46. The first-order valence-electron chi connectivity index (χ1n) is 13.3. The molecule has 4 N–H and O–H groups in total. The van der Waals surface area contributed by atoms with Gasteiger partial charge in [-0.25, -0.2) is 0 Å². The van der Waals surface area contributed by atoms with Crippen molar-refractivity contribution in [3.05, 3.63) is 11.6 Å². The predicted octanol–water partition coefficient (Wildman–Crippen LogP) is 3.30. The molecule has 33 heavy (non-hydrogen) atoms. The molecule has 12 atom stereocenters. The quantitative estimate of drug-likeness (QED) is 0.479. The Balaban J connectivity index is 1.34. The minimum absolute atomic E-state index is 0.186. The van der Waals surface area contributed by atoms with E-state index in [1.165, 1.54) is 5.57 Å². The molecular formula is C27H44O6. The van der Waals surface area contributed by atoms with Crippen LogP contribution in [0.2, 0.25) is 0 Å². The van der Waals surface area contributed by atoms with E-state index in [2.05, 4.69) is 19.9 Å². The summed E-state index contributed by atoms with van der Waals surface area (Å²) in [6.45, 7) is 8.40. The van der Waals surface area contributed by atoms with E-state index in [0.717, 1.165) is 51.4 Å². The van der Waals surface area contributed by atoms with Crippen molar-refractivity contribution in [2.75, 3.05) is 0 Å². The van der Waals surface area contributed by atoms with Gasteiger partial charge in [0.15, 0.2) is 6.29 Å². The first-order valence-corrected chi connectivity index (χ1v) is 13.3. The highest BCUT2D eigenvalue weighted by Crippen LogP contribution is 2.67. The van der Waals surface area contributed by atoms with E-state index in [-0.39, 0.29) is 23.4 Å². The minimum Gasteiger partial charge on any atom is -0.393 e. The fourth-order valence-electron chi connectivity index (χ4n) is 8.81. The van der Waals surface area contributed by atoms with Crippen LogP contribution in [0, 0.1) is 28.6 Å². The minimum atomic E-state index is -0.941. The van der Waals surface area contributed by atoms with E-state index in [0.29, 0.717) is 17.8 Å². The van der Waals surface area contributed by atoms with Gasteiger partial charge in [-0.05, 0) is 88.4 Å². The molecule has 1 aliphatic heterocycles. The summed E-state index contributed by atoms with van der Waals surface area (Å²) in [6.07, 6.45) is 6.81.